The zero-order valence-corrected chi connectivity index (χ0v) is 14.4. The maximum atomic E-state index is 14.1. The largest absolute Gasteiger partial charge is 0.306 e. The van der Waals surface area contributed by atoms with Crippen LogP contribution in [-0.2, 0) is 0 Å². The van der Waals surface area contributed by atoms with Crippen molar-refractivity contribution in [3.05, 3.63) is 54.8 Å². The molecule has 1 heterocycles. The molecule has 0 saturated carbocycles. The predicted octanol–water partition coefficient (Wildman–Crippen LogP) is 5.50. The lowest BCUT2D eigenvalue weighted by Crippen LogP contribution is -2.23. The van der Waals surface area contributed by atoms with E-state index < -0.39 is 0 Å². The molecule has 0 radical (unpaired) electrons. The molecule has 0 aliphatic rings. The Hall–Kier alpha value is -0.230. The molecule has 1 N–H and O–H groups in total. The third-order valence-corrected chi connectivity index (χ3v) is 4.99. The van der Waals surface area contributed by atoms with Gasteiger partial charge in [-0.25, -0.2) is 4.39 Å². The summed E-state index contributed by atoms with van der Waals surface area (Å²) in [5, 5.41) is 5.43. The van der Waals surface area contributed by atoms with Gasteiger partial charge >= 0.3 is 0 Å². The number of nitrogens with one attached hydrogen (secondary N) is 1. The number of halogens is 3. The molecule has 0 fully saturated rings. The topological polar surface area (TPSA) is 12.0 Å². The Morgan fingerprint density at radius 1 is 1.26 bits per heavy atom. The van der Waals surface area contributed by atoms with E-state index in [-0.39, 0.29) is 11.9 Å². The Balaban J connectivity index is 2.39. The van der Waals surface area contributed by atoms with Crippen molar-refractivity contribution < 1.29 is 4.39 Å². The van der Waals surface area contributed by atoms with Crippen LogP contribution in [-0.4, -0.2) is 6.54 Å². The van der Waals surface area contributed by atoms with Crippen molar-refractivity contribution in [1.82, 2.24) is 5.32 Å². The van der Waals surface area contributed by atoms with Crippen molar-refractivity contribution in [2.24, 2.45) is 0 Å². The maximum absolute atomic E-state index is 14.1. The minimum atomic E-state index is -0.179. The van der Waals surface area contributed by atoms with E-state index in [0.29, 0.717) is 5.56 Å². The summed E-state index contributed by atoms with van der Waals surface area (Å²) in [6, 6.07) is 7.01. The molecule has 1 nitrogen and oxygen atoms in total. The molecule has 5 heteroatoms. The minimum Gasteiger partial charge on any atom is -0.306 e. The highest BCUT2D eigenvalue weighted by molar-refractivity contribution is 9.10. The molecule has 0 saturated heterocycles. The molecule has 1 aromatic heterocycles. The molecular weight excluding hydrogens is 393 g/mol. The van der Waals surface area contributed by atoms with Crippen molar-refractivity contribution in [3.63, 3.8) is 0 Å². The van der Waals surface area contributed by atoms with Crippen LogP contribution in [0.25, 0.3) is 0 Å². The third-order valence-electron chi connectivity index (χ3n) is 2.74. The van der Waals surface area contributed by atoms with E-state index >= 15 is 0 Å². The second-order valence-electron chi connectivity index (χ2n) is 4.22. The lowest BCUT2D eigenvalue weighted by Gasteiger charge is -2.18. The summed E-state index contributed by atoms with van der Waals surface area (Å²) >= 11 is 8.49. The van der Waals surface area contributed by atoms with E-state index in [9.17, 15) is 4.39 Å². The first-order valence-corrected chi connectivity index (χ1v) is 8.50. The summed E-state index contributed by atoms with van der Waals surface area (Å²) in [6.45, 7) is 2.96. The number of hydrogen-bond donors (Lipinski definition) is 1. The Morgan fingerprint density at radius 3 is 2.68 bits per heavy atom. The molecule has 0 spiro atoms. The Kier molecular flexibility index (Phi) is 5.57. The first-order valence-electron chi connectivity index (χ1n) is 6.04. The standard InChI is InChI=1S/C14H14Br2FNS/c1-2-5-18-14(13-7-10(16)8-19-13)11-6-9(15)3-4-12(11)17/h3-4,6-8,14,18H,2,5H2,1H3. The smallest absolute Gasteiger partial charge is 0.128 e. The summed E-state index contributed by atoms with van der Waals surface area (Å²) in [4.78, 5) is 1.11. The summed E-state index contributed by atoms with van der Waals surface area (Å²) in [5.74, 6) is -0.179. The monoisotopic (exact) mass is 405 g/mol. The average molecular weight is 407 g/mol. The minimum absolute atomic E-state index is 0.103. The molecule has 2 aromatic rings. The summed E-state index contributed by atoms with van der Waals surface area (Å²) in [5.41, 5.74) is 0.678. The first-order chi connectivity index (χ1) is 9.11. The van der Waals surface area contributed by atoms with Gasteiger partial charge in [-0.05, 0) is 53.2 Å². The highest BCUT2D eigenvalue weighted by Crippen LogP contribution is 2.32. The lowest BCUT2D eigenvalue weighted by molar-refractivity contribution is 0.550. The molecule has 0 bridgehead atoms. The van der Waals surface area contributed by atoms with Gasteiger partial charge in [-0.3, -0.25) is 0 Å². The van der Waals surface area contributed by atoms with E-state index in [4.69, 9.17) is 0 Å². The van der Waals surface area contributed by atoms with Gasteiger partial charge in [0.25, 0.3) is 0 Å². The van der Waals surface area contributed by atoms with Crippen LogP contribution in [0.4, 0.5) is 4.39 Å². The fraction of sp³-hybridized carbons (Fsp3) is 0.286. The highest BCUT2D eigenvalue weighted by Gasteiger charge is 2.19. The second kappa shape index (κ2) is 6.97. The Morgan fingerprint density at radius 2 is 2.05 bits per heavy atom. The fourth-order valence-corrected chi connectivity index (χ4v) is 3.78. The molecule has 0 aliphatic heterocycles. The molecule has 1 atom stereocenters. The van der Waals surface area contributed by atoms with Crippen molar-refractivity contribution in [3.8, 4) is 0 Å². The van der Waals surface area contributed by atoms with E-state index in [1.54, 1.807) is 17.4 Å². The zero-order valence-electron chi connectivity index (χ0n) is 10.4. The van der Waals surface area contributed by atoms with Crippen LogP contribution in [0.1, 0.15) is 29.8 Å². The molecule has 0 amide bonds. The molecule has 1 unspecified atom stereocenters. The van der Waals surface area contributed by atoms with Gasteiger partial charge in [-0.15, -0.1) is 11.3 Å². The summed E-state index contributed by atoms with van der Waals surface area (Å²) in [7, 11) is 0. The average Bonchev–Trinajstić information content (AvgIpc) is 2.80. The first kappa shape index (κ1) is 15.2. The van der Waals surface area contributed by atoms with Gasteiger partial charge in [0.15, 0.2) is 0 Å². The number of thiophene rings is 1. The van der Waals surface area contributed by atoms with Gasteiger partial charge in [-0.2, -0.15) is 0 Å². The number of rotatable bonds is 5. The second-order valence-corrected chi connectivity index (χ2v) is 6.99. The molecule has 1 aromatic carbocycles. The molecule has 0 aliphatic carbocycles. The van der Waals surface area contributed by atoms with Crippen LogP contribution in [0.3, 0.4) is 0 Å². The Labute approximate surface area is 133 Å². The van der Waals surface area contributed by atoms with Gasteiger partial charge in [0.1, 0.15) is 5.82 Å². The Bertz CT molecular complexity index is 556. The van der Waals surface area contributed by atoms with Crippen LogP contribution in [0, 0.1) is 5.82 Å². The van der Waals surface area contributed by atoms with E-state index in [1.807, 2.05) is 17.5 Å². The van der Waals surface area contributed by atoms with E-state index in [2.05, 4.69) is 44.1 Å². The maximum Gasteiger partial charge on any atom is 0.128 e. The fourth-order valence-electron chi connectivity index (χ4n) is 1.87. The SMILES string of the molecule is CCCNC(c1cc(Br)cs1)c1cc(Br)ccc1F. The van der Waals surface area contributed by atoms with Crippen molar-refractivity contribution in [2.45, 2.75) is 19.4 Å². The molecule has 102 valence electrons. The molecule has 2 rings (SSSR count). The van der Waals surface area contributed by atoms with Crippen LogP contribution in [0.5, 0.6) is 0 Å². The van der Waals surface area contributed by atoms with Crippen LogP contribution >= 0.6 is 43.2 Å². The summed E-state index contributed by atoms with van der Waals surface area (Å²) < 4.78 is 16.0. The van der Waals surface area contributed by atoms with E-state index in [0.717, 1.165) is 26.8 Å². The molecular formula is C14H14Br2FNS. The number of hydrogen-bond acceptors (Lipinski definition) is 2. The van der Waals surface area contributed by atoms with Crippen LogP contribution < -0.4 is 5.32 Å². The highest BCUT2D eigenvalue weighted by atomic mass is 79.9. The van der Waals surface area contributed by atoms with Crippen molar-refractivity contribution >= 4 is 43.2 Å². The predicted molar refractivity (Wildman–Crippen MR) is 86.3 cm³/mol. The van der Waals surface area contributed by atoms with E-state index in [1.165, 1.54) is 6.07 Å². The van der Waals surface area contributed by atoms with Gasteiger partial charge in [0.2, 0.25) is 0 Å². The van der Waals surface area contributed by atoms with Gasteiger partial charge < -0.3 is 5.32 Å². The van der Waals surface area contributed by atoms with Gasteiger partial charge in [-0.1, -0.05) is 22.9 Å². The van der Waals surface area contributed by atoms with Crippen LogP contribution in [0.2, 0.25) is 0 Å². The lowest BCUT2D eigenvalue weighted by atomic mass is 10.0. The normalized spacial score (nSPS) is 12.6. The van der Waals surface area contributed by atoms with Gasteiger partial charge in [0.05, 0.1) is 6.04 Å². The quantitative estimate of drug-likeness (QED) is 0.690. The van der Waals surface area contributed by atoms with Crippen molar-refractivity contribution in [1.29, 1.82) is 0 Å². The zero-order chi connectivity index (χ0) is 13.8. The van der Waals surface area contributed by atoms with Crippen LogP contribution in [0.15, 0.2) is 38.6 Å². The van der Waals surface area contributed by atoms with Crippen molar-refractivity contribution in [2.75, 3.05) is 6.54 Å². The number of benzene rings is 1. The summed E-state index contributed by atoms with van der Waals surface area (Å²) in [6.07, 6.45) is 1.01. The molecule has 19 heavy (non-hydrogen) atoms. The third kappa shape index (κ3) is 3.88. The van der Waals surface area contributed by atoms with Gasteiger partial charge in [0, 0.05) is 24.8 Å².